The summed E-state index contributed by atoms with van der Waals surface area (Å²) in [5, 5.41) is 2.70. The highest BCUT2D eigenvalue weighted by Crippen LogP contribution is 2.34. The van der Waals surface area contributed by atoms with Crippen molar-refractivity contribution in [1.82, 2.24) is 24.0 Å². The number of aromatic nitrogens is 4. The van der Waals surface area contributed by atoms with Crippen molar-refractivity contribution in [1.29, 1.82) is 0 Å². The van der Waals surface area contributed by atoms with E-state index in [9.17, 15) is 23.6 Å². The number of ether oxygens (including phenoxy) is 1. The van der Waals surface area contributed by atoms with Gasteiger partial charge < -0.3 is 15.0 Å². The Morgan fingerprint density at radius 1 is 1.02 bits per heavy atom. The van der Waals surface area contributed by atoms with Gasteiger partial charge >= 0.3 is 5.69 Å². The van der Waals surface area contributed by atoms with Crippen LogP contribution in [0.15, 0.2) is 70.6 Å². The summed E-state index contributed by atoms with van der Waals surface area (Å²) < 4.78 is 21.7. The molecule has 0 saturated heterocycles. The number of fused-ring (bicyclic) bond motifs is 1. The number of amides is 2. The molecule has 0 spiro atoms. The second-order valence-electron chi connectivity index (χ2n) is 10.9. The highest BCUT2D eigenvalue weighted by molar-refractivity contribution is 6.03. The largest absolute Gasteiger partial charge is 0.439 e. The van der Waals surface area contributed by atoms with E-state index in [4.69, 9.17) is 4.74 Å². The van der Waals surface area contributed by atoms with Gasteiger partial charge in [-0.15, -0.1) is 0 Å². The van der Waals surface area contributed by atoms with E-state index in [2.05, 4.69) is 15.3 Å². The van der Waals surface area contributed by atoms with Gasteiger partial charge in [0.15, 0.2) is 0 Å². The van der Waals surface area contributed by atoms with Gasteiger partial charge in [0.2, 0.25) is 11.8 Å². The van der Waals surface area contributed by atoms with Crippen molar-refractivity contribution < 1.29 is 18.7 Å². The summed E-state index contributed by atoms with van der Waals surface area (Å²) in [6.07, 6.45) is 5.15. The van der Waals surface area contributed by atoms with Gasteiger partial charge in [-0.05, 0) is 81.6 Å². The molecule has 4 aromatic rings. The standard InChI is InChI=1S/C31H29FN6O5/c1-18(2)37-15-25(30(41)38(31(37)42)22-9-5-20(32)6-10-22)27(39)35-21-7-11-23(12-8-21)43-28-24-13-14-36(29(40)19-3-4-19)16-26(24)33-17-34-28/h5-12,15,17-19H,3-4,13-14,16H2,1-2H3,(H,35,39). The molecule has 1 aliphatic carbocycles. The van der Waals surface area contributed by atoms with Crippen LogP contribution in [-0.2, 0) is 17.8 Å². The fourth-order valence-corrected chi connectivity index (χ4v) is 5.02. The SMILES string of the molecule is CC(C)n1cc(C(=O)Nc2ccc(Oc3ncnc4c3CCN(C(=O)C3CC3)C4)cc2)c(=O)n(-c2ccc(F)cc2)c1=O. The number of rotatable bonds is 7. The van der Waals surface area contributed by atoms with Crippen molar-refractivity contribution in [3.8, 4) is 17.3 Å². The molecule has 2 amide bonds. The molecule has 1 aliphatic heterocycles. The lowest BCUT2D eigenvalue weighted by molar-refractivity contribution is -0.133. The van der Waals surface area contributed by atoms with Gasteiger partial charge in [-0.2, -0.15) is 0 Å². The van der Waals surface area contributed by atoms with E-state index >= 15 is 0 Å². The smallest absolute Gasteiger partial charge is 0.335 e. The van der Waals surface area contributed by atoms with Gasteiger partial charge in [0.05, 0.1) is 17.9 Å². The minimum Gasteiger partial charge on any atom is -0.439 e. The first-order valence-electron chi connectivity index (χ1n) is 14.0. The second kappa shape index (κ2) is 11.3. The van der Waals surface area contributed by atoms with Gasteiger partial charge in [-0.3, -0.25) is 19.0 Å². The monoisotopic (exact) mass is 584 g/mol. The van der Waals surface area contributed by atoms with Crippen molar-refractivity contribution >= 4 is 17.5 Å². The molecule has 220 valence electrons. The van der Waals surface area contributed by atoms with Crippen molar-refractivity contribution in [2.24, 2.45) is 5.92 Å². The molecule has 6 rings (SSSR count). The van der Waals surface area contributed by atoms with Crippen LogP contribution in [0, 0.1) is 11.7 Å². The van der Waals surface area contributed by atoms with Gasteiger partial charge in [0, 0.05) is 36.0 Å². The summed E-state index contributed by atoms with van der Waals surface area (Å²) in [5.74, 6) is -0.00856. The highest BCUT2D eigenvalue weighted by Gasteiger charge is 2.35. The summed E-state index contributed by atoms with van der Waals surface area (Å²) in [7, 11) is 0. The van der Waals surface area contributed by atoms with Gasteiger partial charge in [-0.1, -0.05) is 0 Å². The number of carbonyl (C=O) groups excluding carboxylic acids is 2. The van der Waals surface area contributed by atoms with E-state index in [0.29, 0.717) is 36.8 Å². The van der Waals surface area contributed by atoms with Crippen molar-refractivity contribution in [2.45, 2.75) is 45.7 Å². The maximum absolute atomic E-state index is 13.5. The molecule has 1 N–H and O–H groups in total. The minimum atomic E-state index is -0.822. The number of nitrogens with one attached hydrogen (secondary N) is 1. The van der Waals surface area contributed by atoms with Crippen LogP contribution in [0.2, 0.25) is 0 Å². The van der Waals surface area contributed by atoms with Crippen molar-refractivity contribution in [2.75, 3.05) is 11.9 Å². The molecule has 0 atom stereocenters. The zero-order valence-corrected chi connectivity index (χ0v) is 23.6. The molecule has 0 bridgehead atoms. The maximum Gasteiger partial charge on any atom is 0.335 e. The molecule has 43 heavy (non-hydrogen) atoms. The Kier molecular flexibility index (Phi) is 7.34. The lowest BCUT2D eigenvalue weighted by Crippen LogP contribution is -2.42. The number of carbonyl (C=O) groups is 2. The normalized spacial score (nSPS) is 14.4. The first-order chi connectivity index (χ1) is 20.7. The predicted molar refractivity (Wildman–Crippen MR) is 155 cm³/mol. The average Bonchev–Trinajstić information content (AvgIpc) is 3.84. The molecule has 12 heteroatoms. The van der Waals surface area contributed by atoms with Gasteiger partial charge in [-0.25, -0.2) is 23.7 Å². The zero-order chi connectivity index (χ0) is 30.2. The molecule has 3 heterocycles. The van der Waals surface area contributed by atoms with E-state index in [1.54, 1.807) is 38.1 Å². The summed E-state index contributed by atoms with van der Waals surface area (Å²) in [6, 6.07) is 11.1. The molecule has 11 nitrogen and oxygen atoms in total. The lowest BCUT2D eigenvalue weighted by Gasteiger charge is -2.28. The van der Waals surface area contributed by atoms with Crippen molar-refractivity contribution in [3.63, 3.8) is 0 Å². The quantitative estimate of drug-likeness (QED) is 0.350. The number of nitrogens with zero attached hydrogens (tertiary/aromatic N) is 5. The number of halogens is 1. The summed E-state index contributed by atoms with van der Waals surface area (Å²) in [4.78, 5) is 62.6. The zero-order valence-electron chi connectivity index (χ0n) is 23.6. The van der Waals surface area contributed by atoms with Crippen LogP contribution in [0.25, 0.3) is 5.69 Å². The molecule has 2 aromatic heterocycles. The van der Waals surface area contributed by atoms with E-state index < -0.39 is 23.0 Å². The first-order valence-corrected chi connectivity index (χ1v) is 14.0. The molecule has 1 saturated carbocycles. The number of benzene rings is 2. The third-order valence-electron chi connectivity index (χ3n) is 7.53. The molecular formula is C31H29FN6O5. The molecule has 2 aromatic carbocycles. The van der Waals surface area contributed by atoms with Crippen LogP contribution in [-0.4, -0.2) is 42.4 Å². The summed E-state index contributed by atoms with van der Waals surface area (Å²) in [6.45, 7) is 4.52. The lowest BCUT2D eigenvalue weighted by atomic mass is 10.1. The van der Waals surface area contributed by atoms with E-state index in [1.807, 2.05) is 4.90 Å². The Morgan fingerprint density at radius 2 is 1.74 bits per heavy atom. The average molecular weight is 585 g/mol. The van der Waals surface area contributed by atoms with Gasteiger partial charge in [0.25, 0.3) is 11.5 Å². The predicted octanol–water partition coefficient (Wildman–Crippen LogP) is 3.85. The highest BCUT2D eigenvalue weighted by atomic mass is 19.1. The molecular weight excluding hydrogens is 555 g/mol. The van der Waals surface area contributed by atoms with E-state index in [0.717, 1.165) is 40.8 Å². The Bertz CT molecular complexity index is 1830. The topological polar surface area (TPSA) is 128 Å². The first kappa shape index (κ1) is 28.0. The van der Waals surface area contributed by atoms with Crippen LogP contribution in [0.3, 0.4) is 0 Å². The van der Waals surface area contributed by atoms with Crippen LogP contribution < -0.4 is 21.3 Å². The van der Waals surface area contributed by atoms with E-state index in [-0.39, 0.29) is 29.1 Å². The second-order valence-corrected chi connectivity index (χ2v) is 10.9. The van der Waals surface area contributed by atoms with Crippen LogP contribution in [0.5, 0.6) is 11.6 Å². The van der Waals surface area contributed by atoms with Crippen LogP contribution in [0.1, 0.15) is 54.3 Å². The minimum absolute atomic E-state index is 0.149. The van der Waals surface area contributed by atoms with Crippen molar-refractivity contribution in [3.05, 3.63) is 105 Å². The molecule has 0 unspecified atom stereocenters. The number of anilines is 1. The Labute approximate surface area is 245 Å². The fourth-order valence-electron chi connectivity index (χ4n) is 5.02. The number of hydrogen-bond donors (Lipinski definition) is 1. The van der Waals surface area contributed by atoms with Crippen LogP contribution >= 0.6 is 0 Å². The third kappa shape index (κ3) is 5.68. The third-order valence-corrected chi connectivity index (χ3v) is 7.53. The summed E-state index contributed by atoms with van der Waals surface area (Å²) >= 11 is 0. The fraction of sp³-hybridized carbons (Fsp3) is 0.290. The van der Waals surface area contributed by atoms with Gasteiger partial charge in [0.1, 0.15) is 23.5 Å². The molecule has 1 fully saturated rings. The van der Waals surface area contributed by atoms with Crippen LogP contribution in [0.4, 0.5) is 10.1 Å². The maximum atomic E-state index is 13.5. The summed E-state index contributed by atoms with van der Waals surface area (Å²) in [5.41, 5.74) is 0.457. The Hall–Kier alpha value is -5.13. The Morgan fingerprint density at radius 3 is 2.42 bits per heavy atom. The molecule has 0 radical (unpaired) electrons. The molecule has 2 aliphatic rings. The van der Waals surface area contributed by atoms with E-state index in [1.165, 1.54) is 29.2 Å². The number of hydrogen-bond acceptors (Lipinski definition) is 7. The Balaban J connectivity index is 1.20.